The predicted octanol–water partition coefficient (Wildman–Crippen LogP) is 5.84. The Morgan fingerprint density at radius 2 is 1.71 bits per heavy atom. The molecule has 1 saturated heterocycles. The first-order valence-corrected chi connectivity index (χ1v) is 12.1. The van der Waals surface area contributed by atoms with E-state index in [0.29, 0.717) is 29.3 Å². The molecule has 6 nitrogen and oxygen atoms in total. The van der Waals surface area contributed by atoms with Crippen LogP contribution in [0.4, 0.5) is 5.69 Å². The number of aliphatic hydroxyl groups is 1. The van der Waals surface area contributed by atoms with Crippen molar-refractivity contribution in [1.82, 2.24) is 4.98 Å². The quantitative estimate of drug-likeness (QED) is 0.241. The molecule has 3 aromatic rings. The number of hydrogen-bond donors (Lipinski definition) is 1. The van der Waals surface area contributed by atoms with Crippen LogP contribution in [0.1, 0.15) is 56.0 Å². The van der Waals surface area contributed by atoms with Crippen LogP contribution in [0.5, 0.6) is 5.75 Å². The maximum atomic E-state index is 13.2. The molecule has 4 rings (SSSR count). The summed E-state index contributed by atoms with van der Waals surface area (Å²) in [4.78, 5) is 32.3. The second-order valence-corrected chi connectivity index (χ2v) is 8.57. The Balaban J connectivity index is 1.76. The van der Waals surface area contributed by atoms with Gasteiger partial charge in [0.1, 0.15) is 17.6 Å². The molecule has 1 atom stereocenters. The lowest BCUT2D eigenvalue weighted by Crippen LogP contribution is -2.29. The van der Waals surface area contributed by atoms with Crippen molar-refractivity contribution in [3.63, 3.8) is 0 Å². The van der Waals surface area contributed by atoms with Crippen LogP contribution >= 0.6 is 0 Å². The largest absolute Gasteiger partial charge is 0.507 e. The van der Waals surface area contributed by atoms with Gasteiger partial charge in [-0.1, -0.05) is 38.5 Å². The summed E-state index contributed by atoms with van der Waals surface area (Å²) in [6.07, 6.45) is 5.64. The fourth-order valence-electron chi connectivity index (χ4n) is 4.20. The van der Waals surface area contributed by atoms with Crippen LogP contribution in [0.15, 0.2) is 78.5 Å². The van der Waals surface area contributed by atoms with Crippen molar-refractivity contribution in [3.05, 3.63) is 95.3 Å². The molecule has 6 heteroatoms. The zero-order chi connectivity index (χ0) is 24.8. The molecule has 1 N–H and O–H groups in total. The van der Waals surface area contributed by atoms with Gasteiger partial charge in [-0.2, -0.15) is 0 Å². The van der Waals surface area contributed by atoms with Crippen molar-refractivity contribution in [2.75, 3.05) is 11.5 Å². The van der Waals surface area contributed by atoms with Crippen LogP contribution in [0.2, 0.25) is 0 Å². The number of anilines is 1. The zero-order valence-electron chi connectivity index (χ0n) is 20.1. The molecule has 35 heavy (non-hydrogen) atoms. The molecule has 0 spiro atoms. The monoisotopic (exact) mass is 470 g/mol. The standard InChI is InChI=1S/C29H30N2O4/c1-3-5-8-20-10-14-22(15-11-20)31-26(24-9-6-7-18-30-24)25(28(33)29(31)34)27(32)21-12-16-23(17-13-21)35-19-4-2/h6-7,9-18,26,32H,3-5,8,19H2,1-2H3/b27-25-. The van der Waals surface area contributed by atoms with Gasteiger partial charge in [0, 0.05) is 17.4 Å². The maximum absolute atomic E-state index is 13.2. The smallest absolute Gasteiger partial charge is 0.300 e. The molecule has 2 heterocycles. The highest BCUT2D eigenvalue weighted by Crippen LogP contribution is 2.41. The van der Waals surface area contributed by atoms with Crippen molar-refractivity contribution >= 4 is 23.1 Å². The maximum Gasteiger partial charge on any atom is 0.300 e. The molecular weight excluding hydrogens is 440 g/mol. The molecule has 0 aliphatic carbocycles. The SMILES string of the molecule is CCCCc1ccc(N2C(=O)C(=O)/C(=C(\O)c3ccc(OCCC)cc3)C2c2ccccn2)cc1. The summed E-state index contributed by atoms with van der Waals surface area (Å²) in [5.74, 6) is -0.984. The van der Waals surface area contributed by atoms with Gasteiger partial charge in [0.2, 0.25) is 0 Å². The molecule has 0 saturated carbocycles. The lowest BCUT2D eigenvalue weighted by molar-refractivity contribution is -0.132. The minimum absolute atomic E-state index is 0.0194. The third kappa shape index (κ3) is 5.11. The van der Waals surface area contributed by atoms with E-state index < -0.39 is 17.7 Å². The van der Waals surface area contributed by atoms with E-state index in [1.807, 2.05) is 31.2 Å². The summed E-state index contributed by atoms with van der Waals surface area (Å²) < 4.78 is 5.62. The van der Waals surface area contributed by atoms with E-state index in [9.17, 15) is 14.7 Å². The highest BCUT2D eigenvalue weighted by Gasteiger charge is 2.47. The molecule has 0 bridgehead atoms. The van der Waals surface area contributed by atoms with Crippen LogP contribution in [0.25, 0.3) is 5.76 Å². The molecule has 2 aromatic carbocycles. The first-order valence-electron chi connectivity index (χ1n) is 12.1. The average Bonchev–Trinajstić information content (AvgIpc) is 3.17. The zero-order valence-corrected chi connectivity index (χ0v) is 20.1. The molecular formula is C29H30N2O4. The summed E-state index contributed by atoms with van der Waals surface area (Å²) in [5, 5.41) is 11.2. The molecule has 1 fully saturated rings. The van der Waals surface area contributed by atoms with Crippen LogP contribution in [0, 0.1) is 0 Å². The number of Topliss-reactive ketones (excluding diaryl/α,β-unsaturated/α-hetero) is 1. The van der Waals surface area contributed by atoms with Gasteiger partial charge in [-0.15, -0.1) is 0 Å². The van der Waals surface area contributed by atoms with Gasteiger partial charge in [-0.3, -0.25) is 19.5 Å². The minimum atomic E-state index is -0.839. The summed E-state index contributed by atoms with van der Waals surface area (Å²) in [5.41, 5.74) is 2.72. The second-order valence-electron chi connectivity index (χ2n) is 8.57. The van der Waals surface area contributed by atoms with E-state index in [4.69, 9.17) is 4.74 Å². The number of carbonyl (C=O) groups is 2. The number of pyridine rings is 1. The van der Waals surface area contributed by atoms with Crippen molar-refractivity contribution in [3.8, 4) is 5.75 Å². The fourth-order valence-corrected chi connectivity index (χ4v) is 4.20. The molecule has 1 aromatic heterocycles. The highest BCUT2D eigenvalue weighted by molar-refractivity contribution is 6.51. The number of carbonyl (C=O) groups excluding carboxylic acids is 2. The number of rotatable bonds is 9. The summed E-state index contributed by atoms with van der Waals surface area (Å²) in [6, 6.07) is 19.0. The number of ketones is 1. The van der Waals surface area contributed by atoms with E-state index in [0.717, 1.165) is 25.7 Å². The molecule has 180 valence electrons. The normalized spacial score (nSPS) is 17.1. The predicted molar refractivity (Wildman–Crippen MR) is 136 cm³/mol. The first-order chi connectivity index (χ1) is 17.0. The van der Waals surface area contributed by atoms with Crippen molar-refractivity contribution in [2.45, 2.75) is 45.6 Å². The number of amides is 1. The Kier molecular flexibility index (Phi) is 7.60. The van der Waals surface area contributed by atoms with E-state index in [1.165, 1.54) is 10.5 Å². The van der Waals surface area contributed by atoms with Gasteiger partial charge < -0.3 is 9.84 Å². The van der Waals surface area contributed by atoms with Crippen LogP contribution in [0.3, 0.4) is 0 Å². The first kappa shape index (κ1) is 24.2. The van der Waals surface area contributed by atoms with Crippen molar-refractivity contribution < 1.29 is 19.4 Å². The van der Waals surface area contributed by atoms with Gasteiger partial charge in [0.25, 0.3) is 11.7 Å². The second kappa shape index (κ2) is 11.0. The summed E-state index contributed by atoms with van der Waals surface area (Å²) in [7, 11) is 0. The number of hydrogen-bond acceptors (Lipinski definition) is 5. The summed E-state index contributed by atoms with van der Waals surface area (Å²) in [6.45, 7) is 4.76. The number of ether oxygens (including phenoxy) is 1. The Morgan fingerprint density at radius 1 is 0.971 bits per heavy atom. The molecule has 0 radical (unpaired) electrons. The molecule has 1 aliphatic heterocycles. The van der Waals surface area contributed by atoms with Crippen LogP contribution in [-0.4, -0.2) is 28.4 Å². The van der Waals surface area contributed by atoms with E-state index in [-0.39, 0.29) is 11.3 Å². The third-order valence-corrected chi connectivity index (χ3v) is 6.05. The van der Waals surface area contributed by atoms with E-state index in [2.05, 4.69) is 11.9 Å². The Hall–Kier alpha value is -3.93. The minimum Gasteiger partial charge on any atom is -0.507 e. The number of aliphatic hydroxyl groups excluding tert-OH is 1. The van der Waals surface area contributed by atoms with Crippen LogP contribution < -0.4 is 9.64 Å². The van der Waals surface area contributed by atoms with Gasteiger partial charge in [0.15, 0.2) is 0 Å². The lowest BCUT2D eigenvalue weighted by atomic mass is 9.98. The Labute approximate surface area is 205 Å². The van der Waals surface area contributed by atoms with Gasteiger partial charge in [-0.05, 0) is 73.4 Å². The molecule has 1 unspecified atom stereocenters. The number of nitrogens with zero attached hydrogens (tertiary/aromatic N) is 2. The van der Waals surface area contributed by atoms with Gasteiger partial charge in [0.05, 0.1) is 17.9 Å². The molecule has 1 amide bonds. The van der Waals surface area contributed by atoms with Crippen molar-refractivity contribution in [1.29, 1.82) is 0 Å². The average molecular weight is 471 g/mol. The number of benzene rings is 2. The topological polar surface area (TPSA) is 79.7 Å². The highest BCUT2D eigenvalue weighted by atomic mass is 16.5. The lowest BCUT2D eigenvalue weighted by Gasteiger charge is -2.24. The van der Waals surface area contributed by atoms with Crippen molar-refractivity contribution in [2.24, 2.45) is 0 Å². The Bertz CT molecular complexity index is 1200. The number of unbranched alkanes of at least 4 members (excludes halogenated alkanes) is 1. The van der Waals surface area contributed by atoms with Gasteiger partial charge >= 0.3 is 0 Å². The van der Waals surface area contributed by atoms with Gasteiger partial charge in [-0.25, -0.2) is 0 Å². The molecule has 1 aliphatic rings. The van der Waals surface area contributed by atoms with Crippen LogP contribution in [-0.2, 0) is 16.0 Å². The van der Waals surface area contributed by atoms with E-state index in [1.54, 1.807) is 48.7 Å². The summed E-state index contributed by atoms with van der Waals surface area (Å²) >= 11 is 0. The van der Waals surface area contributed by atoms with E-state index >= 15 is 0 Å². The number of aromatic nitrogens is 1. The third-order valence-electron chi connectivity index (χ3n) is 6.05. The Morgan fingerprint density at radius 3 is 2.34 bits per heavy atom. The number of aryl methyl sites for hydroxylation is 1. The fraction of sp³-hybridized carbons (Fsp3) is 0.276.